The molecule has 1 saturated heterocycles. The van der Waals surface area contributed by atoms with Gasteiger partial charge in [0.1, 0.15) is 11.3 Å². The fourth-order valence-electron chi connectivity index (χ4n) is 2.06. The van der Waals surface area contributed by atoms with Crippen LogP contribution in [0.5, 0.6) is 0 Å². The summed E-state index contributed by atoms with van der Waals surface area (Å²) in [5.74, 6) is -0.311. The van der Waals surface area contributed by atoms with Gasteiger partial charge in [-0.05, 0) is 32.0 Å². The van der Waals surface area contributed by atoms with Crippen molar-refractivity contribution < 1.29 is 9.53 Å². The zero-order valence-corrected chi connectivity index (χ0v) is 11.4. The second kappa shape index (κ2) is 5.67. The van der Waals surface area contributed by atoms with Crippen molar-refractivity contribution in [2.24, 2.45) is 0 Å². The third-order valence-corrected chi connectivity index (χ3v) is 3.26. The lowest BCUT2D eigenvalue weighted by molar-refractivity contribution is 0.0327. The summed E-state index contributed by atoms with van der Waals surface area (Å²) in [6.45, 7) is 3.74. The molecule has 4 nitrogen and oxygen atoms in total. The van der Waals surface area contributed by atoms with Crippen LogP contribution in [0.15, 0.2) is 12.1 Å². The van der Waals surface area contributed by atoms with Gasteiger partial charge in [-0.25, -0.2) is 9.78 Å². The summed E-state index contributed by atoms with van der Waals surface area (Å²) in [7, 11) is 2.02. The molecule has 1 fully saturated rings. The van der Waals surface area contributed by atoms with Crippen LogP contribution in [0.4, 0.5) is 0 Å². The predicted octanol–water partition coefficient (Wildman–Crippen LogP) is 2.16. The number of aryl methyl sites for hydroxylation is 1. The second-order valence-electron chi connectivity index (χ2n) is 4.60. The van der Waals surface area contributed by atoms with Crippen LogP contribution < -0.4 is 0 Å². The molecule has 1 aromatic rings. The number of pyridine rings is 1. The molecule has 0 spiro atoms. The number of esters is 1. The number of carbonyl (C=O) groups excluding carboxylic acids is 1. The van der Waals surface area contributed by atoms with Gasteiger partial charge < -0.3 is 9.64 Å². The summed E-state index contributed by atoms with van der Waals surface area (Å²) < 4.78 is 5.46. The maximum atomic E-state index is 12.0. The topological polar surface area (TPSA) is 42.4 Å². The molecule has 2 heterocycles. The Kier molecular flexibility index (Phi) is 4.19. The lowest BCUT2D eigenvalue weighted by Gasteiger charge is -2.12. The zero-order valence-electron chi connectivity index (χ0n) is 10.6. The standard InChI is InChI=1S/C13H17ClN2O2/c1-3-10-6-9(7-12(14)15-10)13(17)18-11-4-5-16(2)8-11/h6-7,11H,3-5,8H2,1-2H3. The highest BCUT2D eigenvalue weighted by molar-refractivity contribution is 6.29. The van der Waals surface area contributed by atoms with E-state index in [1.165, 1.54) is 0 Å². The average Bonchev–Trinajstić information content (AvgIpc) is 2.73. The van der Waals surface area contributed by atoms with Gasteiger partial charge in [0.2, 0.25) is 0 Å². The highest BCUT2D eigenvalue weighted by Gasteiger charge is 2.23. The monoisotopic (exact) mass is 268 g/mol. The van der Waals surface area contributed by atoms with E-state index in [-0.39, 0.29) is 12.1 Å². The SMILES string of the molecule is CCc1cc(C(=O)OC2CCN(C)C2)cc(Cl)n1. The molecule has 1 aliphatic rings. The van der Waals surface area contributed by atoms with Crippen LogP contribution in [-0.2, 0) is 11.2 Å². The summed E-state index contributed by atoms with van der Waals surface area (Å²) in [5.41, 5.74) is 1.29. The largest absolute Gasteiger partial charge is 0.457 e. The number of hydrogen-bond acceptors (Lipinski definition) is 4. The van der Waals surface area contributed by atoms with Gasteiger partial charge in [0.05, 0.1) is 5.56 Å². The van der Waals surface area contributed by atoms with Crippen molar-refractivity contribution in [1.29, 1.82) is 0 Å². The Morgan fingerprint density at radius 3 is 3.00 bits per heavy atom. The molecule has 0 amide bonds. The van der Waals surface area contributed by atoms with Crippen molar-refractivity contribution in [3.05, 3.63) is 28.5 Å². The number of likely N-dealkylation sites (tertiary alicyclic amines) is 1. The molecular weight excluding hydrogens is 252 g/mol. The first-order chi connectivity index (χ1) is 8.58. The number of likely N-dealkylation sites (N-methyl/N-ethyl adjacent to an activating group) is 1. The number of rotatable bonds is 3. The van der Waals surface area contributed by atoms with E-state index in [1.807, 2.05) is 14.0 Å². The molecular formula is C13H17ClN2O2. The van der Waals surface area contributed by atoms with E-state index in [4.69, 9.17) is 16.3 Å². The molecule has 0 N–H and O–H groups in total. The number of carbonyl (C=O) groups is 1. The van der Waals surface area contributed by atoms with E-state index >= 15 is 0 Å². The summed E-state index contributed by atoms with van der Waals surface area (Å²) in [4.78, 5) is 18.3. The Bertz CT molecular complexity index is 451. The zero-order chi connectivity index (χ0) is 13.1. The minimum Gasteiger partial charge on any atom is -0.457 e. The highest BCUT2D eigenvalue weighted by atomic mass is 35.5. The minimum atomic E-state index is -0.311. The molecule has 0 bridgehead atoms. The quantitative estimate of drug-likeness (QED) is 0.622. The molecule has 5 heteroatoms. The van der Waals surface area contributed by atoms with E-state index in [0.29, 0.717) is 10.7 Å². The van der Waals surface area contributed by atoms with Crippen LogP contribution in [0.2, 0.25) is 5.15 Å². The Hall–Kier alpha value is -1.13. The van der Waals surface area contributed by atoms with Gasteiger partial charge in [0, 0.05) is 18.8 Å². The molecule has 0 aliphatic carbocycles. The van der Waals surface area contributed by atoms with Crippen molar-refractivity contribution >= 4 is 17.6 Å². The Morgan fingerprint density at radius 2 is 2.39 bits per heavy atom. The number of ether oxygens (including phenoxy) is 1. The number of hydrogen-bond donors (Lipinski definition) is 0. The normalized spacial score (nSPS) is 20.1. The van der Waals surface area contributed by atoms with Crippen LogP contribution in [0.1, 0.15) is 29.4 Å². The maximum absolute atomic E-state index is 12.0. The molecule has 98 valence electrons. The Balaban J connectivity index is 2.06. The van der Waals surface area contributed by atoms with Crippen molar-refractivity contribution in [3.8, 4) is 0 Å². The molecule has 2 rings (SSSR count). The first kappa shape index (κ1) is 13.3. The molecule has 0 saturated carbocycles. The van der Waals surface area contributed by atoms with Gasteiger partial charge >= 0.3 is 5.97 Å². The van der Waals surface area contributed by atoms with Crippen molar-refractivity contribution in [3.63, 3.8) is 0 Å². The lowest BCUT2D eigenvalue weighted by Crippen LogP contribution is -2.22. The molecule has 1 aromatic heterocycles. The average molecular weight is 269 g/mol. The van der Waals surface area contributed by atoms with E-state index in [1.54, 1.807) is 12.1 Å². The number of aromatic nitrogens is 1. The van der Waals surface area contributed by atoms with Gasteiger partial charge in [0.25, 0.3) is 0 Å². The van der Waals surface area contributed by atoms with Crippen molar-refractivity contribution in [1.82, 2.24) is 9.88 Å². The maximum Gasteiger partial charge on any atom is 0.338 e. The second-order valence-corrected chi connectivity index (χ2v) is 4.99. The molecule has 18 heavy (non-hydrogen) atoms. The van der Waals surface area contributed by atoms with Gasteiger partial charge in [0.15, 0.2) is 0 Å². The lowest BCUT2D eigenvalue weighted by atomic mass is 10.2. The summed E-state index contributed by atoms with van der Waals surface area (Å²) in [6, 6.07) is 3.30. The van der Waals surface area contributed by atoms with Gasteiger partial charge in [-0.3, -0.25) is 0 Å². The highest BCUT2D eigenvalue weighted by Crippen LogP contribution is 2.16. The molecule has 1 unspecified atom stereocenters. The fourth-order valence-corrected chi connectivity index (χ4v) is 2.29. The van der Waals surface area contributed by atoms with Crippen LogP contribution in [0, 0.1) is 0 Å². The summed E-state index contributed by atoms with van der Waals surface area (Å²) in [6.07, 6.45) is 1.62. The van der Waals surface area contributed by atoms with Crippen LogP contribution in [0.25, 0.3) is 0 Å². The Labute approximate surface area is 112 Å². The first-order valence-corrected chi connectivity index (χ1v) is 6.52. The van der Waals surface area contributed by atoms with E-state index in [9.17, 15) is 4.79 Å². The molecule has 0 radical (unpaired) electrons. The van der Waals surface area contributed by atoms with Gasteiger partial charge in [-0.1, -0.05) is 18.5 Å². The minimum absolute atomic E-state index is 0.0143. The van der Waals surface area contributed by atoms with Gasteiger partial charge in [-0.2, -0.15) is 0 Å². The number of halogens is 1. The third-order valence-electron chi connectivity index (χ3n) is 3.07. The Morgan fingerprint density at radius 1 is 1.61 bits per heavy atom. The van der Waals surface area contributed by atoms with E-state index in [2.05, 4.69) is 9.88 Å². The smallest absolute Gasteiger partial charge is 0.338 e. The number of nitrogens with zero attached hydrogens (tertiary/aromatic N) is 2. The van der Waals surface area contributed by atoms with E-state index < -0.39 is 0 Å². The third kappa shape index (κ3) is 3.21. The molecule has 1 aliphatic heterocycles. The summed E-state index contributed by atoms with van der Waals surface area (Å²) >= 11 is 5.89. The summed E-state index contributed by atoms with van der Waals surface area (Å²) in [5, 5.41) is 0.338. The van der Waals surface area contributed by atoms with Crippen LogP contribution >= 0.6 is 11.6 Å². The first-order valence-electron chi connectivity index (χ1n) is 6.14. The fraction of sp³-hybridized carbons (Fsp3) is 0.538. The van der Waals surface area contributed by atoms with Gasteiger partial charge in [-0.15, -0.1) is 0 Å². The van der Waals surface area contributed by atoms with Crippen molar-refractivity contribution in [2.75, 3.05) is 20.1 Å². The van der Waals surface area contributed by atoms with Crippen LogP contribution in [-0.4, -0.2) is 42.1 Å². The molecule has 1 atom stereocenters. The van der Waals surface area contributed by atoms with E-state index in [0.717, 1.165) is 31.6 Å². The van der Waals surface area contributed by atoms with Crippen LogP contribution in [0.3, 0.4) is 0 Å². The predicted molar refractivity (Wildman–Crippen MR) is 69.9 cm³/mol. The molecule has 0 aromatic carbocycles. The van der Waals surface area contributed by atoms with Crippen molar-refractivity contribution in [2.45, 2.75) is 25.9 Å².